The maximum atomic E-state index is 9.69. The summed E-state index contributed by atoms with van der Waals surface area (Å²) in [6.07, 6.45) is 3.02. The Morgan fingerprint density at radius 3 is 2.73 bits per heavy atom. The highest BCUT2D eigenvalue weighted by atomic mass is 16.5. The van der Waals surface area contributed by atoms with Gasteiger partial charge in [0.15, 0.2) is 0 Å². The van der Waals surface area contributed by atoms with E-state index in [9.17, 15) is 5.11 Å². The lowest BCUT2D eigenvalue weighted by molar-refractivity contribution is 0.0641. The van der Waals surface area contributed by atoms with Crippen molar-refractivity contribution in [2.24, 2.45) is 0 Å². The van der Waals surface area contributed by atoms with E-state index in [1.807, 2.05) is 25.1 Å². The fraction of sp³-hybridized carbons (Fsp3) is 0.412. The maximum absolute atomic E-state index is 9.69. The molecule has 0 unspecified atom stereocenters. The fourth-order valence-corrected chi connectivity index (χ4v) is 2.18. The predicted molar refractivity (Wildman–Crippen MR) is 87.6 cm³/mol. The zero-order valence-corrected chi connectivity index (χ0v) is 13.3. The minimum absolute atomic E-state index is 0.565. The van der Waals surface area contributed by atoms with Crippen LogP contribution in [0.3, 0.4) is 0 Å². The summed E-state index contributed by atoms with van der Waals surface area (Å²) < 4.78 is 5.76. The largest absolute Gasteiger partial charge is 0.494 e. The molecule has 2 rings (SSSR count). The number of hydrogen-bond donors (Lipinski definition) is 2. The third-order valence-corrected chi connectivity index (χ3v) is 3.36. The van der Waals surface area contributed by atoms with E-state index in [0.717, 1.165) is 29.0 Å². The van der Waals surface area contributed by atoms with Crippen LogP contribution in [0.25, 0.3) is 11.3 Å². The summed E-state index contributed by atoms with van der Waals surface area (Å²) in [6.45, 7) is 6.18. The van der Waals surface area contributed by atoms with Crippen LogP contribution in [-0.4, -0.2) is 27.5 Å². The van der Waals surface area contributed by atoms with Crippen LogP contribution in [0.2, 0.25) is 0 Å². The SMILES string of the molecule is Cc1ccc(OCCCC(C)(C)O)cc1-c1cc(N)cnn1. The van der Waals surface area contributed by atoms with Crippen molar-refractivity contribution in [1.29, 1.82) is 0 Å². The van der Waals surface area contributed by atoms with Gasteiger partial charge >= 0.3 is 0 Å². The molecule has 118 valence electrons. The Hall–Kier alpha value is -2.14. The second kappa shape index (κ2) is 6.75. The van der Waals surface area contributed by atoms with Crippen LogP contribution < -0.4 is 10.5 Å². The lowest BCUT2D eigenvalue weighted by atomic mass is 10.0. The van der Waals surface area contributed by atoms with Crippen molar-refractivity contribution in [3.05, 3.63) is 36.0 Å². The number of nitrogens with two attached hydrogens (primary N) is 1. The van der Waals surface area contributed by atoms with Crippen LogP contribution in [0.15, 0.2) is 30.5 Å². The van der Waals surface area contributed by atoms with Crippen LogP contribution in [-0.2, 0) is 0 Å². The molecule has 22 heavy (non-hydrogen) atoms. The lowest BCUT2D eigenvalue weighted by Crippen LogP contribution is -2.19. The second-order valence-electron chi connectivity index (χ2n) is 6.12. The van der Waals surface area contributed by atoms with Crippen molar-refractivity contribution in [2.75, 3.05) is 12.3 Å². The Balaban J connectivity index is 2.07. The van der Waals surface area contributed by atoms with Crippen molar-refractivity contribution in [3.8, 4) is 17.0 Å². The quantitative estimate of drug-likeness (QED) is 0.802. The molecule has 0 aliphatic heterocycles. The Labute approximate surface area is 131 Å². The monoisotopic (exact) mass is 301 g/mol. The van der Waals surface area contributed by atoms with Gasteiger partial charge in [0, 0.05) is 5.56 Å². The number of nitrogens with zero attached hydrogens (tertiary/aromatic N) is 2. The summed E-state index contributed by atoms with van der Waals surface area (Å²) in [6, 6.07) is 7.67. The van der Waals surface area contributed by atoms with Gasteiger partial charge < -0.3 is 15.6 Å². The molecule has 0 radical (unpaired) electrons. The number of rotatable bonds is 6. The van der Waals surface area contributed by atoms with E-state index in [1.54, 1.807) is 19.9 Å². The van der Waals surface area contributed by atoms with Crippen molar-refractivity contribution in [1.82, 2.24) is 10.2 Å². The van der Waals surface area contributed by atoms with Gasteiger partial charge in [-0.05, 0) is 57.4 Å². The molecule has 0 atom stereocenters. The van der Waals surface area contributed by atoms with Gasteiger partial charge in [-0.25, -0.2) is 0 Å². The molecule has 0 fully saturated rings. The number of aromatic nitrogens is 2. The van der Waals surface area contributed by atoms with Gasteiger partial charge in [0.2, 0.25) is 0 Å². The first-order valence-corrected chi connectivity index (χ1v) is 7.39. The molecule has 5 heteroatoms. The molecule has 0 saturated heterocycles. The van der Waals surface area contributed by atoms with E-state index in [0.29, 0.717) is 18.7 Å². The Bertz CT molecular complexity index is 636. The highest BCUT2D eigenvalue weighted by Crippen LogP contribution is 2.27. The van der Waals surface area contributed by atoms with Crippen molar-refractivity contribution >= 4 is 5.69 Å². The molecule has 0 saturated carbocycles. The number of nitrogen functional groups attached to an aromatic ring is 1. The average Bonchev–Trinajstić information content (AvgIpc) is 2.44. The molecule has 3 N–H and O–H groups in total. The molecular formula is C17H23N3O2. The van der Waals surface area contributed by atoms with Crippen molar-refractivity contribution in [2.45, 2.75) is 39.2 Å². The molecule has 1 heterocycles. The van der Waals surface area contributed by atoms with Gasteiger partial charge in [0.05, 0.1) is 29.8 Å². The second-order valence-corrected chi connectivity index (χ2v) is 6.12. The molecule has 1 aromatic heterocycles. The van der Waals surface area contributed by atoms with E-state index < -0.39 is 5.60 Å². The van der Waals surface area contributed by atoms with Crippen molar-refractivity contribution in [3.63, 3.8) is 0 Å². The highest BCUT2D eigenvalue weighted by molar-refractivity contribution is 5.67. The molecule has 0 bridgehead atoms. The Kier molecular flexibility index (Phi) is 4.98. The van der Waals surface area contributed by atoms with Gasteiger partial charge in [0.25, 0.3) is 0 Å². The molecule has 1 aromatic carbocycles. The molecular weight excluding hydrogens is 278 g/mol. The summed E-state index contributed by atoms with van der Waals surface area (Å²) in [5, 5.41) is 17.7. The van der Waals surface area contributed by atoms with E-state index >= 15 is 0 Å². The first-order valence-electron chi connectivity index (χ1n) is 7.39. The number of anilines is 1. The van der Waals surface area contributed by atoms with Gasteiger partial charge in [-0.3, -0.25) is 0 Å². The number of benzene rings is 1. The zero-order valence-electron chi connectivity index (χ0n) is 13.3. The number of aryl methyl sites for hydroxylation is 1. The molecule has 0 aliphatic carbocycles. The van der Waals surface area contributed by atoms with Crippen LogP contribution in [0.4, 0.5) is 5.69 Å². The smallest absolute Gasteiger partial charge is 0.119 e. The third-order valence-electron chi connectivity index (χ3n) is 3.36. The van der Waals surface area contributed by atoms with E-state index in [1.165, 1.54) is 6.20 Å². The zero-order chi connectivity index (χ0) is 16.2. The summed E-state index contributed by atoms with van der Waals surface area (Å²) >= 11 is 0. The molecule has 5 nitrogen and oxygen atoms in total. The van der Waals surface area contributed by atoms with Gasteiger partial charge in [-0.1, -0.05) is 6.07 Å². The van der Waals surface area contributed by atoms with Gasteiger partial charge in [-0.2, -0.15) is 10.2 Å². The van der Waals surface area contributed by atoms with E-state index in [2.05, 4.69) is 10.2 Å². The Morgan fingerprint density at radius 1 is 1.27 bits per heavy atom. The topological polar surface area (TPSA) is 81.3 Å². The minimum Gasteiger partial charge on any atom is -0.494 e. The maximum Gasteiger partial charge on any atom is 0.119 e. The summed E-state index contributed by atoms with van der Waals surface area (Å²) in [4.78, 5) is 0. The number of hydrogen-bond acceptors (Lipinski definition) is 5. The standard InChI is InChI=1S/C17H23N3O2/c1-12-5-6-14(22-8-4-7-17(2,3)21)10-15(12)16-9-13(18)11-19-20-16/h5-6,9-11,21H,4,7-8H2,1-3H3,(H2,18,20). The van der Waals surface area contributed by atoms with Crippen LogP contribution in [0.1, 0.15) is 32.3 Å². The first kappa shape index (κ1) is 16.2. The van der Waals surface area contributed by atoms with Crippen LogP contribution >= 0.6 is 0 Å². The van der Waals surface area contributed by atoms with Crippen LogP contribution in [0.5, 0.6) is 5.75 Å². The van der Waals surface area contributed by atoms with E-state index in [4.69, 9.17) is 10.5 Å². The van der Waals surface area contributed by atoms with Crippen LogP contribution in [0, 0.1) is 6.92 Å². The lowest BCUT2D eigenvalue weighted by Gasteiger charge is -2.17. The normalized spacial score (nSPS) is 11.5. The summed E-state index contributed by atoms with van der Waals surface area (Å²) in [5.41, 5.74) is 8.48. The predicted octanol–water partition coefficient (Wildman–Crippen LogP) is 2.96. The molecule has 0 spiro atoms. The third kappa shape index (κ3) is 4.70. The number of aliphatic hydroxyl groups is 1. The average molecular weight is 301 g/mol. The molecule has 2 aromatic rings. The van der Waals surface area contributed by atoms with E-state index in [-0.39, 0.29) is 0 Å². The highest BCUT2D eigenvalue weighted by Gasteiger charge is 2.12. The number of ether oxygens (including phenoxy) is 1. The van der Waals surface area contributed by atoms with Gasteiger partial charge in [-0.15, -0.1) is 0 Å². The first-order chi connectivity index (χ1) is 10.3. The minimum atomic E-state index is -0.654. The fourth-order valence-electron chi connectivity index (χ4n) is 2.18. The van der Waals surface area contributed by atoms with Gasteiger partial charge in [0.1, 0.15) is 5.75 Å². The summed E-state index contributed by atoms with van der Waals surface area (Å²) in [5.74, 6) is 0.778. The van der Waals surface area contributed by atoms with Crippen molar-refractivity contribution < 1.29 is 9.84 Å². The molecule has 0 amide bonds. The molecule has 0 aliphatic rings. The summed E-state index contributed by atoms with van der Waals surface area (Å²) in [7, 11) is 0. The Morgan fingerprint density at radius 2 is 2.05 bits per heavy atom.